The van der Waals surface area contributed by atoms with Crippen molar-refractivity contribution in [1.82, 2.24) is 10.3 Å². The molecule has 1 heterocycles. The third kappa shape index (κ3) is 4.62. The van der Waals surface area contributed by atoms with Crippen LogP contribution in [0.4, 0.5) is 5.69 Å². The van der Waals surface area contributed by atoms with Gasteiger partial charge in [-0.15, -0.1) is 0 Å². The van der Waals surface area contributed by atoms with E-state index >= 15 is 0 Å². The molecule has 25 heavy (non-hydrogen) atoms. The minimum absolute atomic E-state index is 0.168. The third-order valence-electron chi connectivity index (χ3n) is 4.09. The van der Waals surface area contributed by atoms with Crippen molar-refractivity contribution in [3.8, 4) is 11.5 Å². The van der Waals surface area contributed by atoms with Gasteiger partial charge in [-0.2, -0.15) is 0 Å². The Hall–Kier alpha value is -2.76. The van der Waals surface area contributed by atoms with Crippen LogP contribution >= 0.6 is 0 Å². The minimum atomic E-state index is -0.168. The van der Waals surface area contributed by atoms with Crippen LogP contribution in [0.2, 0.25) is 0 Å². The lowest BCUT2D eigenvalue weighted by Gasteiger charge is -2.10. The fourth-order valence-electron chi connectivity index (χ4n) is 2.52. The van der Waals surface area contributed by atoms with Crippen molar-refractivity contribution in [1.29, 1.82) is 0 Å². The Kier molecular flexibility index (Phi) is 5.38. The van der Waals surface area contributed by atoms with Crippen LogP contribution in [-0.4, -0.2) is 37.7 Å². The molecular weight excluding hydrogens is 318 g/mol. The quantitative estimate of drug-likeness (QED) is 0.772. The van der Waals surface area contributed by atoms with Gasteiger partial charge in [0.05, 0.1) is 26.1 Å². The predicted octanol–water partition coefficient (Wildman–Crippen LogP) is 2.65. The zero-order chi connectivity index (χ0) is 17.6. The number of aromatic nitrogens is 1. The van der Waals surface area contributed by atoms with Crippen LogP contribution in [0.3, 0.4) is 0 Å². The Morgan fingerprint density at radius 1 is 1.16 bits per heavy atom. The molecule has 1 aliphatic rings. The van der Waals surface area contributed by atoms with E-state index in [1.807, 2.05) is 24.3 Å². The first-order chi connectivity index (χ1) is 12.2. The number of hydrogen-bond donors (Lipinski definition) is 2. The molecule has 0 atom stereocenters. The molecule has 3 rings (SSSR count). The van der Waals surface area contributed by atoms with Gasteiger partial charge in [0, 0.05) is 12.6 Å². The number of nitrogens with one attached hydrogen (secondary N) is 2. The molecule has 0 bridgehead atoms. The van der Waals surface area contributed by atoms with E-state index in [0.29, 0.717) is 36.2 Å². The van der Waals surface area contributed by atoms with E-state index in [0.717, 1.165) is 11.3 Å². The smallest absolute Gasteiger partial charge is 0.269 e. The molecule has 1 aromatic carbocycles. The fraction of sp³-hybridized carbons (Fsp3) is 0.368. The first kappa shape index (κ1) is 17.1. The number of methoxy groups -OCH3 is 2. The summed E-state index contributed by atoms with van der Waals surface area (Å²) in [5.41, 5.74) is 2.45. The number of pyridine rings is 1. The average Bonchev–Trinajstić information content (AvgIpc) is 3.46. The van der Waals surface area contributed by atoms with Gasteiger partial charge in [0.25, 0.3) is 5.91 Å². The summed E-state index contributed by atoms with van der Waals surface area (Å²) < 4.78 is 10.5. The largest absolute Gasteiger partial charge is 0.493 e. The summed E-state index contributed by atoms with van der Waals surface area (Å²) >= 11 is 0. The van der Waals surface area contributed by atoms with Crippen molar-refractivity contribution < 1.29 is 14.3 Å². The number of ether oxygens (including phenoxy) is 2. The summed E-state index contributed by atoms with van der Waals surface area (Å²) in [7, 11) is 3.22. The zero-order valence-electron chi connectivity index (χ0n) is 14.5. The van der Waals surface area contributed by atoms with E-state index in [1.54, 1.807) is 26.5 Å². The van der Waals surface area contributed by atoms with Gasteiger partial charge in [-0.05, 0) is 49.1 Å². The van der Waals surface area contributed by atoms with Crippen LogP contribution in [0, 0.1) is 0 Å². The lowest BCUT2D eigenvalue weighted by molar-refractivity contribution is 0.0949. The highest BCUT2D eigenvalue weighted by atomic mass is 16.5. The number of carbonyl (C=O) groups is 1. The molecule has 0 aliphatic heterocycles. The normalized spacial score (nSPS) is 13.2. The highest BCUT2D eigenvalue weighted by Crippen LogP contribution is 2.27. The summed E-state index contributed by atoms with van der Waals surface area (Å²) in [4.78, 5) is 16.4. The van der Waals surface area contributed by atoms with Gasteiger partial charge in [0.1, 0.15) is 5.69 Å². The van der Waals surface area contributed by atoms with Gasteiger partial charge in [-0.25, -0.2) is 4.98 Å². The molecule has 2 aromatic rings. The molecule has 0 radical (unpaired) electrons. The minimum Gasteiger partial charge on any atom is -0.493 e. The number of nitrogens with zero attached hydrogens (tertiary/aromatic N) is 1. The van der Waals surface area contributed by atoms with Crippen molar-refractivity contribution in [3.05, 3.63) is 47.8 Å². The summed E-state index contributed by atoms with van der Waals surface area (Å²) in [6.45, 7) is 0.526. The van der Waals surface area contributed by atoms with Gasteiger partial charge in [-0.1, -0.05) is 6.07 Å². The van der Waals surface area contributed by atoms with Crippen molar-refractivity contribution >= 4 is 11.6 Å². The molecule has 2 N–H and O–H groups in total. The van der Waals surface area contributed by atoms with Crippen molar-refractivity contribution in [2.24, 2.45) is 0 Å². The molecule has 0 saturated heterocycles. The SMILES string of the molecule is COc1ccc(CCNC(=O)c2ccc(NC3CC3)cn2)cc1OC. The molecular formula is C19H23N3O3. The number of rotatable bonds is 8. The molecule has 0 unspecified atom stereocenters. The van der Waals surface area contributed by atoms with Crippen LogP contribution < -0.4 is 20.1 Å². The highest BCUT2D eigenvalue weighted by molar-refractivity contribution is 5.92. The maximum absolute atomic E-state index is 12.2. The van der Waals surface area contributed by atoms with E-state index in [-0.39, 0.29) is 5.91 Å². The number of anilines is 1. The third-order valence-corrected chi connectivity index (χ3v) is 4.09. The van der Waals surface area contributed by atoms with Crippen LogP contribution in [0.15, 0.2) is 36.5 Å². The highest BCUT2D eigenvalue weighted by Gasteiger charge is 2.20. The molecule has 1 aliphatic carbocycles. The monoisotopic (exact) mass is 341 g/mol. The molecule has 1 aromatic heterocycles. The maximum atomic E-state index is 12.2. The van der Waals surface area contributed by atoms with Crippen LogP contribution in [0.25, 0.3) is 0 Å². The molecule has 1 fully saturated rings. The molecule has 1 saturated carbocycles. The zero-order valence-corrected chi connectivity index (χ0v) is 14.5. The lowest BCUT2D eigenvalue weighted by atomic mass is 10.1. The number of carbonyl (C=O) groups excluding carboxylic acids is 1. The van der Waals surface area contributed by atoms with Crippen LogP contribution in [0.1, 0.15) is 28.9 Å². The van der Waals surface area contributed by atoms with Gasteiger partial charge in [0.2, 0.25) is 0 Å². The molecule has 6 heteroatoms. The summed E-state index contributed by atoms with van der Waals surface area (Å²) in [6, 6.07) is 9.96. The van der Waals surface area contributed by atoms with Crippen molar-refractivity contribution in [2.75, 3.05) is 26.1 Å². The van der Waals surface area contributed by atoms with Gasteiger partial charge in [0.15, 0.2) is 11.5 Å². The molecule has 132 valence electrons. The van der Waals surface area contributed by atoms with E-state index in [9.17, 15) is 4.79 Å². The molecule has 1 amide bonds. The van der Waals surface area contributed by atoms with Gasteiger partial charge >= 0.3 is 0 Å². The maximum Gasteiger partial charge on any atom is 0.269 e. The Morgan fingerprint density at radius 3 is 2.60 bits per heavy atom. The topological polar surface area (TPSA) is 72.5 Å². The second kappa shape index (κ2) is 7.88. The van der Waals surface area contributed by atoms with Crippen molar-refractivity contribution in [2.45, 2.75) is 25.3 Å². The predicted molar refractivity (Wildman–Crippen MR) is 96.5 cm³/mol. The van der Waals surface area contributed by atoms with Crippen molar-refractivity contribution in [3.63, 3.8) is 0 Å². The second-order valence-corrected chi connectivity index (χ2v) is 6.05. The summed E-state index contributed by atoms with van der Waals surface area (Å²) in [6.07, 6.45) is 4.83. The average molecular weight is 341 g/mol. The first-order valence-electron chi connectivity index (χ1n) is 8.41. The summed E-state index contributed by atoms with van der Waals surface area (Å²) in [5.74, 6) is 1.21. The van der Waals surface area contributed by atoms with E-state index in [1.165, 1.54) is 12.8 Å². The van der Waals surface area contributed by atoms with E-state index in [4.69, 9.17) is 9.47 Å². The van der Waals surface area contributed by atoms with Crippen LogP contribution in [0.5, 0.6) is 11.5 Å². The Labute approximate surface area is 147 Å². The fourth-order valence-corrected chi connectivity index (χ4v) is 2.52. The lowest BCUT2D eigenvalue weighted by Crippen LogP contribution is -2.26. The number of amides is 1. The number of benzene rings is 1. The molecule has 6 nitrogen and oxygen atoms in total. The van der Waals surface area contributed by atoms with E-state index < -0.39 is 0 Å². The van der Waals surface area contributed by atoms with Gasteiger partial charge in [-0.3, -0.25) is 4.79 Å². The Morgan fingerprint density at radius 2 is 1.96 bits per heavy atom. The van der Waals surface area contributed by atoms with E-state index in [2.05, 4.69) is 15.6 Å². The Bertz CT molecular complexity index is 727. The summed E-state index contributed by atoms with van der Waals surface area (Å²) in [5, 5.41) is 6.24. The number of hydrogen-bond acceptors (Lipinski definition) is 5. The standard InChI is InChI=1S/C19H23N3O3/c1-24-17-8-3-13(11-18(17)25-2)9-10-20-19(23)16-7-6-15(12-21-16)22-14-4-5-14/h3,6-8,11-12,14,22H,4-5,9-10H2,1-2H3,(H,20,23). The first-order valence-corrected chi connectivity index (χ1v) is 8.41. The van der Waals surface area contributed by atoms with Gasteiger partial charge < -0.3 is 20.1 Å². The molecule has 0 spiro atoms. The Balaban J connectivity index is 1.50. The van der Waals surface area contributed by atoms with Crippen LogP contribution in [-0.2, 0) is 6.42 Å². The second-order valence-electron chi connectivity index (χ2n) is 6.05.